The summed E-state index contributed by atoms with van der Waals surface area (Å²) in [5, 5.41) is 8.49. The highest BCUT2D eigenvalue weighted by Crippen LogP contribution is 2.05. The number of aliphatic carboxylic acids is 1. The van der Waals surface area contributed by atoms with E-state index in [0.717, 1.165) is 25.7 Å². The minimum atomic E-state index is -0.717. The first kappa shape index (κ1) is 20.7. The zero-order valence-electron chi connectivity index (χ0n) is 14.3. The standard InChI is InChI=1S/C20H34O2/c1-2-3-4-5-6-7-8-9-10-11-12-13-14-15-16-17-18-19-20(21)22/h6-7,10-11,16-17H,2-5,8-9,12-15,18-19H2,1H3,(H,21,22)/b7-6+,11-10+,17-16+. The Bertz CT molecular complexity index is 327. The van der Waals surface area contributed by atoms with E-state index in [2.05, 4.69) is 37.3 Å². The lowest BCUT2D eigenvalue weighted by Gasteiger charge is -1.94. The van der Waals surface area contributed by atoms with Crippen LogP contribution >= 0.6 is 0 Å². The van der Waals surface area contributed by atoms with E-state index in [1.807, 2.05) is 6.08 Å². The van der Waals surface area contributed by atoms with Crippen molar-refractivity contribution < 1.29 is 9.90 Å². The van der Waals surface area contributed by atoms with Crippen molar-refractivity contribution in [3.8, 4) is 0 Å². The summed E-state index contributed by atoms with van der Waals surface area (Å²) in [6.07, 6.45) is 26.3. The van der Waals surface area contributed by atoms with Crippen LogP contribution in [-0.2, 0) is 4.79 Å². The van der Waals surface area contributed by atoms with E-state index in [-0.39, 0.29) is 6.42 Å². The zero-order valence-corrected chi connectivity index (χ0v) is 14.3. The largest absolute Gasteiger partial charge is 0.481 e. The van der Waals surface area contributed by atoms with Gasteiger partial charge in [-0.1, -0.05) is 56.2 Å². The Hall–Kier alpha value is -1.31. The van der Waals surface area contributed by atoms with E-state index < -0.39 is 5.97 Å². The lowest BCUT2D eigenvalue weighted by Crippen LogP contribution is -1.91. The predicted molar refractivity (Wildman–Crippen MR) is 96.1 cm³/mol. The number of rotatable bonds is 15. The second kappa shape index (κ2) is 17.7. The molecule has 0 aliphatic rings. The van der Waals surface area contributed by atoms with E-state index in [1.54, 1.807) is 0 Å². The molecule has 0 spiro atoms. The fourth-order valence-electron chi connectivity index (χ4n) is 2.14. The van der Waals surface area contributed by atoms with Gasteiger partial charge in [0.1, 0.15) is 0 Å². The Kier molecular flexibility index (Phi) is 16.7. The van der Waals surface area contributed by atoms with Crippen LogP contribution in [0.1, 0.15) is 84.0 Å². The van der Waals surface area contributed by atoms with Crippen molar-refractivity contribution in [1.29, 1.82) is 0 Å². The van der Waals surface area contributed by atoms with Gasteiger partial charge in [0.25, 0.3) is 0 Å². The molecule has 1 N–H and O–H groups in total. The van der Waals surface area contributed by atoms with Crippen molar-refractivity contribution in [3.63, 3.8) is 0 Å². The van der Waals surface area contributed by atoms with Crippen LogP contribution in [0.25, 0.3) is 0 Å². The molecule has 0 aliphatic carbocycles. The van der Waals surface area contributed by atoms with Crippen LogP contribution in [0.3, 0.4) is 0 Å². The van der Waals surface area contributed by atoms with Gasteiger partial charge in [-0.15, -0.1) is 0 Å². The minimum Gasteiger partial charge on any atom is -0.481 e. The summed E-state index contributed by atoms with van der Waals surface area (Å²) in [6.45, 7) is 2.24. The van der Waals surface area contributed by atoms with Gasteiger partial charge in [-0.2, -0.15) is 0 Å². The van der Waals surface area contributed by atoms with Crippen molar-refractivity contribution in [3.05, 3.63) is 36.5 Å². The number of hydrogen-bond donors (Lipinski definition) is 1. The summed E-state index contributed by atoms with van der Waals surface area (Å²) in [5.74, 6) is -0.717. The number of carbonyl (C=O) groups is 1. The normalized spacial score (nSPS) is 12.0. The molecule has 126 valence electrons. The fraction of sp³-hybridized carbons (Fsp3) is 0.650. The van der Waals surface area contributed by atoms with Crippen LogP contribution in [0.5, 0.6) is 0 Å². The van der Waals surface area contributed by atoms with E-state index in [0.29, 0.717) is 6.42 Å². The predicted octanol–water partition coefficient (Wildman–Crippen LogP) is 6.44. The Labute approximate surface area is 137 Å². The van der Waals surface area contributed by atoms with Gasteiger partial charge in [-0.25, -0.2) is 0 Å². The summed E-state index contributed by atoms with van der Waals surface area (Å²) in [4.78, 5) is 10.3. The molecule has 2 heteroatoms. The summed E-state index contributed by atoms with van der Waals surface area (Å²) in [7, 11) is 0. The highest BCUT2D eigenvalue weighted by molar-refractivity contribution is 5.66. The van der Waals surface area contributed by atoms with Gasteiger partial charge in [0, 0.05) is 6.42 Å². The lowest BCUT2D eigenvalue weighted by molar-refractivity contribution is -0.136. The Morgan fingerprint density at radius 1 is 0.682 bits per heavy atom. The molecule has 0 radical (unpaired) electrons. The monoisotopic (exact) mass is 306 g/mol. The lowest BCUT2D eigenvalue weighted by atomic mass is 10.1. The summed E-state index contributed by atoms with van der Waals surface area (Å²) < 4.78 is 0. The Balaban J connectivity index is 3.25. The molecule has 0 aromatic carbocycles. The van der Waals surface area contributed by atoms with E-state index in [1.165, 1.54) is 38.5 Å². The third-order valence-electron chi connectivity index (χ3n) is 3.49. The molecule has 0 unspecified atom stereocenters. The molecule has 0 rings (SSSR count). The van der Waals surface area contributed by atoms with Gasteiger partial charge < -0.3 is 5.11 Å². The van der Waals surface area contributed by atoms with Gasteiger partial charge in [-0.05, 0) is 57.8 Å². The van der Waals surface area contributed by atoms with Gasteiger partial charge in [-0.3, -0.25) is 4.79 Å². The van der Waals surface area contributed by atoms with E-state index in [9.17, 15) is 4.79 Å². The van der Waals surface area contributed by atoms with Crippen LogP contribution < -0.4 is 0 Å². The Morgan fingerprint density at radius 3 is 1.55 bits per heavy atom. The van der Waals surface area contributed by atoms with Crippen LogP contribution in [0.4, 0.5) is 0 Å². The topological polar surface area (TPSA) is 37.3 Å². The second-order valence-corrected chi connectivity index (χ2v) is 5.70. The Morgan fingerprint density at radius 2 is 1.09 bits per heavy atom. The molecule has 2 nitrogen and oxygen atoms in total. The maximum absolute atomic E-state index is 10.3. The number of allylic oxidation sites excluding steroid dienone is 6. The average molecular weight is 306 g/mol. The van der Waals surface area contributed by atoms with Crippen molar-refractivity contribution in [2.45, 2.75) is 84.0 Å². The molecule has 0 aliphatic heterocycles. The maximum Gasteiger partial charge on any atom is 0.303 e. The first-order valence-corrected chi connectivity index (χ1v) is 8.94. The third kappa shape index (κ3) is 18.7. The number of hydrogen-bond acceptors (Lipinski definition) is 1. The molecule has 0 aromatic heterocycles. The minimum absolute atomic E-state index is 0.242. The molecule has 0 amide bonds. The number of carboxylic acids is 1. The SMILES string of the molecule is CCCCC/C=C/CC/C=C/CCCC/C=C/CCC(=O)O. The molecule has 0 saturated carbocycles. The van der Waals surface area contributed by atoms with Crippen molar-refractivity contribution in [2.75, 3.05) is 0 Å². The van der Waals surface area contributed by atoms with Crippen LogP contribution in [-0.4, -0.2) is 11.1 Å². The average Bonchev–Trinajstić information content (AvgIpc) is 2.50. The molecule has 0 heterocycles. The van der Waals surface area contributed by atoms with Gasteiger partial charge >= 0.3 is 5.97 Å². The summed E-state index contributed by atoms with van der Waals surface area (Å²) in [5.41, 5.74) is 0. The molecule has 0 fully saturated rings. The fourth-order valence-corrected chi connectivity index (χ4v) is 2.14. The molecule has 22 heavy (non-hydrogen) atoms. The van der Waals surface area contributed by atoms with Gasteiger partial charge in [0.15, 0.2) is 0 Å². The third-order valence-corrected chi connectivity index (χ3v) is 3.49. The molecule has 0 bridgehead atoms. The van der Waals surface area contributed by atoms with Gasteiger partial charge in [0.2, 0.25) is 0 Å². The summed E-state index contributed by atoms with van der Waals surface area (Å²) in [6, 6.07) is 0. The molecule has 0 atom stereocenters. The smallest absolute Gasteiger partial charge is 0.303 e. The second-order valence-electron chi connectivity index (χ2n) is 5.70. The molecule has 0 aromatic rings. The van der Waals surface area contributed by atoms with Crippen molar-refractivity contribution >= 4 is 5.97 Å². The maximum atomic E-state index is 10.3. The van der Waals surface area contributed by atoms with E-state index >= 15 is 0 Å². The van der Waals surface area contributed by atoms with Crippen molar-refractivity contribution in [2.24, 2.45) is 0 Å². The quantitative estimate of drug-likeness (QED) is 0.279. The first-order chi connectivity index (χ1) is 10.8. The van der Waals surface area contributed by atoms with Crippen LogP contribution in [0.15, 0.2) is 36.5 Å². The highest BCUT2D eigenvalue weighted by Gasteiger charge is 1.91. The van der Waals surface area contributed by atoms with E-state index in [4.69, 9.17) is 5.11 Å². The molecular weight excluding hydrogens is 272 g/mol. The molecular formula is C20H34O2. The zero-order chi connectivity index (χ0) is 16.3. The van der Waals surface area contributed by atoms with Crippen LogP contribution in [0.2, 0.25) is 0 Å². The number of unbranched alkanes of at least 4 members (excludes halogenated alkanes) is 7. The first-order valence-electron chi connectivity index (χ1n) is 8.94. The number of carboxylic acid groups (broad SMARTS) is 1. The van der Waals surface area contributed by atoms with Crippen molar-refractivity contribution in [1.82, 2.24) is 0 Å². The summed E-state index contributed by atoms with van der Waals surface area (Å²) >= 11 is 0. The van der Waals surface area contributed by atoms with Gasteiger partial charge in [0.05, 0.1) is 0 Å². The highest BCUT2D eigenvalue weighted by atomic mass is 16.4. The van der Waals surface area contributed by atoms with Crippen LogP contribution in [0, 0.1) is 0 Å². The molecule has 0 saturated heterocycles.